The Kier molecular flexibility index (Phi) is 6.43. The van der Waals surface area contributed by atoms with Gasteiger partial charge in [0, 0.05) is 29.8 Å². The maximum Gasteiger partial charge on any atom is 0.272 e. The fourth-order valence-electron chi connectivity index (χ4n) is 3.49. The summed E-state index contributed by atoms with van der Waals surface area (Å²) in [6.45, 7) is 4.13. The number of aromatic nitrogens is 1. The Hall–Kier alpha value is -3.36. The number of halogens is 1. The first-order valence-corrected chi connectivity index (χ1v) is 11.0. The second-order valence-corrected chi connectivity index (χ2v) is 8.59. The fraction of sp³-hybridized carbons (Fsp3) is 0.208. The lowest BCUT2D eigenvalue weighted by Crippen LogP contribution is -2.18. The Bertz CT molecular complexity index is 1260. The van der Waals surface area contributed by atoms with Gasteiger partial charge < -0.3 is 9.64 Å². The number of hydrogen-bond acceptors (Lipinski definition) is 6. The van der Waals surface area contributed by atoms with E-state index in [-0.39, 0.29) is 11.4 Å². The van der Waals surface area contributed by atoms with E-state index in [2.05, 4.69) is 48.1 Å². The van der Waals surface area contributed by atoms with E-state index in [4.69, 9.17) is 4.74 Å². The lowest BCUT2D eigenvalue weighted by molar-refractivity contribution is -0.385. The van der Waals surface area contributed by atoms with Crippen LogP contribution >= 0.6 is 11.3 Å². The third-order valence-electron chi connectivity index (χ3n) is 5.02. The number of nitro benzene ring substituents is 1. The number of nitrogens with zero attached hydrogens (tertiary/aromatic N) is 3. The lowest BCUT2D eigenvalue weighted by atomic mass is 10.1. The van der Waals surface area contributed by atoms with E-state index >= 15 is 0 Å². The van der Waals surface area contributed by atoms with Crippen molar-refractivity contribution in [1.29, 1.82) is 0 Å². The summed E-state index contributed by atoms with van der Waals surface area (Å²) < 4.78 is 20.8. The summed E-state index contributed by atoms with van der Waals surface area (Å²) in [5.41, 5.74) is 2.75. The first-order chi connectivity index (χ1) is 15.4. The maximum absolute atomic E-state index is 14.3. The van der Waals surface area contributed by atoms with Crippen molar-refractivity contribution < 1.29 is 14.1 Å². The van der Waals surface area contributed by atoms with Crippen LogP contribution in [0, 0.1) is 15.9 Å². The van der Waals surface area contributed by atoms with Gasteiger partial charge in [0.2, 0.25) is 0 Å². The molecule has 0 aliphatic rings. The molecule has 0 unspecified atom stereocenters. The van der Waals surface area contributed by atoms with Crippen molar-refractivity contribution >= 4 is 27.2 Å². The predicted molar refractivity (Wildman–Crippen MR) is 125 cm³/mol. The molecule has 4 aromatic rings. The van der Waals surface area contributed by atoms with E-state index in [1.165, 1.54) is 29.0 Å². The molecule has 0 N–H and O–H groups in total. The molecule has 0 amide bonds. The third-order valence-corrected chi connectivity index (χ3v) is 6.21. The van der Waals surface area contributed by atoms with Crippen molar-refractivity contribution in [3.8, 4) is 21.9 Å². The maximum atomic E-state index is 14.3. The van der Waals surface area contributed by atoms with Crippen LogP contribution in [0.2, 0.25) is 0 Å². The van der Waals surface area contributed by atoms with Crippen molar-refractivity contribution in [1.82, 2.24) is 9.88 Å². The van der Waals surface area contributed by atoms with Gasteiger partial charge in [-0.2, -0.15) is 0 Å². The fourth-order valence-corrected chi connectivity index (χ4v) is 4.56. The molecule has 0 fully saturated rings. The third kappa shape index (κ3) is 4.76. The average molecular weight is 452 g/mol. The SMILES string of the molecule is CCCN(C)Cc1ccc(-c2cc3nccc(Oc4ccc([N+](=O)[O-])cc4F)c3s2)cc1. The van der Waals surface area contributed by atoms with Crippen molar-refractivity contribution in [3.05, 3.63) is 82.3 Å². The highest BCUT2D eigenvalue weighted by molar-refractivity contribution is 7.22. The molecule has 0 aliphatic heterocycles. The predicted octanol–water partition coefficient (Wildman–Crippen LogP) is 6.64. The quantitative estimate of drug-likeness (QED) is 0.222. The van der Waals surface area contributed by atoms with Gasteiger partial charge in [0.05, 0.1) is 21.2 Å². The van der Waals surface area contributed by atoms with Crippen LogP contribution in [-0.4, -0.2) is 28.4 Å². The summed E-state index contributed by atoms with van der Waals surface area (Å²) >= 11 is 1.51. The van der Waals surface area contributed by atoms with E-state index in [0.29, 0.717) is 5.75 Å². The first kappa shape index (κ1) is 21.9. The molecule has 2 aromatic heterocycles. The van der Waals surface area contributed by atoms with Crippen LogP contribution in [0.15, 0.2) is 60.8 Å². The number of pyridine rings is 1. The molecule has 2 heterocycles. The van der Waals surface area contributed by atoms with Crippen molar-refractivity contribution in [2.75, 3.05) is 13.6 Å². The molecule has 8 heteroatoms. The molecule has 6 nitrogen and oxygen atoms in total. The van der Waals surface area contributed by atoms with E-state index in [1.807, 2.05) is 6.07 Å². The van der Waals surface area contributed by atoms with Crippen LogP contribution in [0.1, 0.15) is 18.9 Å². The van der Waals surface area contributed by atoms with Gasteiger partial charge >= 0.3 is 0 Å². The zero-order valence-electron chi connectivity index (χ0n) is 17.7. The molecule has 2 aromatic carbocycles. The Morgan fingerprint density at radius 1 is 1.12 bits per heavy atom. The summed E-state index contributed by atoms with van der Waals surface area (Å²) in [5.74, 6) is -0.403. The van der Waals surface area contributed by atoms with E-state index in [1.54, 1.807) is 12.3 Å². The Morgan fingerprint density at radius 2 is 1.91 bits per heavy atom. The monoisotopic (exact) mass is 451 g/mol. The molecule has 0 radical (unpaired) electrons. The van der Waals surface area contributed by atoms with Gasteiger partial charge in [-0.15, -0.1) is 11.3 Å². The molecule has 4 rings (SSSR count). The molecular weight excluding hydrogens is 429 g/mol. The highest BCUT2D eigenvalue weighted by Gasteiger charge is 2.15. The smallest absolute Gasteiger partial charge is 0.272 e. The number of fused-ring (bicyclic) bond motifs is 1. The molecular formula is C24H22FN3O3S. The number of hydrogen-bond donors (Lipinski definition) is 0. The molecule has 164 valence electrons. The van der Waals surface area contributed by atoms with Crippen LogP contribution in [-0.2, 0) is 6.54 Å². The van der Waals surface area contributed by atoms with Crippen LogP contribution < -0.4 is 4.74 Å². The van der Waals surface area contributed by atoms with E-state index in [0.717, 1.165) is 46.2 Å². The molecule has 0 saturated heterocycles. The molecule has 32 heavy (non-hydrogen) atoms. The summed E-state index contributed by atoms with van der Waals surface area (Å²) in [7, 11) is 2.12. The van der Waals surface area contributed by atoms with Crippen LogP contribution in [0.5, 0.6) is 11.5 Å². The summed E-state index contributed by atoms with van der Waals surface area (Å²) in [6, 6.07) is 15.4. The van der Waals surface area contributed by atoms with Gasteiger partial charge in [0.15, 0.2) is 11.6 Å². The molecule has 0 spiro atoms. The van der Waals surface area contributed by atoms with Gasteiger partial charge in [-0.1, -0.05) is 31.2 Å². The van der Waals surface area contributed by atoms with E-state index in [9.17, 15) is 14.5 Å². The second-order valence-electron chi connectivity index (χ2n) is 7.54. The number of ether oxygens (including phenoxy) is 1. The zero-order chi connectivity index (χ0) is 22.7. The minimum atomic E-state index is -0.787. The molecule has 0 aliphatic carbocycles. The van der Waals surface area contributed by atoms with Crippen LogP contribution in [0.3, 0.4) is 0 Å². The Labute approximate surface area is 189 Å². The minimum Gasteiger partial charge on any atom is -0.453 e. The topological polar surface area (TPSA) is 68.5 Å². The first-order valence-electron chi connectivity index (χ1n) is 10.2. The summed E-state index contributed by atoms with van der Waals surface area (Å²) in [5, 5.41) is 10.8. The van der Waals surface area contributed by atoms with E-state index < -0.39 is 10.7 Å². The number of non-ortho nitro benzene ring substituents is 1. The normalized spacial score (nSPS) is 11.2. The zero-order valence-corrected chi connectivity index (χ0v) is 18.6. The van der Waals surface area contributed by atoms with Crippen LogP contribution in [0.25, 0.3) is 20.7 Å². The number of benzene rings is 2. The van der Waals surface area contributed by atoms with Gasteiger partial charge in [-0.3, -0.25) is 15.1 Å². The average Bonchev–Trinajstić information content (AvgIpc) is 3.21. The highest BCUT2D eigenvalue weighted by atomic mass is 32.1. The Balaban J connectivity index is 1.59. The minimum absolute atomic E-state index is 0.0707. The van der Waals surface area contributed by atoms with Gasteiger partial charge in [0.25, 0.3) is 5.69 Å². The largest absolute Gasteiger partial charge is 0.453 e. The van der Waals surface area contributed by atoms with Crippen LogP contribution in [0.4, 0.5) is 10.1 Å². The summed E-state index contributed by atoms with van der Waals surface area (Å²) in [6.07, 6.45) is 2.72. The Morgan fingerprint density at radius 3 is 2.59 bits per heavy atom. The molecule has 0 saturated carbocycles. The number of thiophene rings is 1. The molecule has 0 atom stereocenters. The lowest BCUT2D eigenvalue weighted by Gasteiger charge is -2.15. The van der Waals surface area contributed by atoms with Crippen molar-refractivity contribution in [2.45, 2.75) is 19.9 Å². The van der Waals surface area contributed by atoms with Gasteiger partial charge in [-0.05, 0) is 43.3 Å². The highest BCUT2D eigenvalue weighted by Crippen LogP contribution is 2.39. The van der Waals surface area contributed by atoms with Crippen molar-refractivity contribution in [3.63, 3.8) is 0 Å². The summed E-state index contributed by atoms with van der Waals surface area (Å²) in [4.78, 5) is 17.9. The standard InChI is InChI=1S/C24H22FN3O3S/c1-3-12-27(2)15-16-4-6-17(7-5-16)23-14-20-24(32-23)22(10-11-26-20)31-21-9-8-18(28(29)30)13-19(21)25/h4-11,13-14H,3,12,15H2,1-2H3. The second kappa shape index (κ2) is 9.42. The molecule has 0 bridgehead atoms. The number of nitro groups is 1. The van der Waals surface area contributed by atoms with Gasteiger partial charge in [-0.25, -0.2) is 4.39 Å². The number of rotatable bonds is 8. The van der Waals surface area contributed by atoms with Crippen molar-refractivity contribution in [2.24, 2.45) is 0 Å². The van der Waals surface area contributed by atoms with Gasteiger partial charge in [0.1, 0.15) is 5.75 Å².